The molecule has 2 N–H and O–H groups in total. The quantitative estimate of drug-likeness (QED) is 0.470. The average molecular weight is 370 g/mol. The molecule has 0 aliphatic rings. The van der Waals surface area contributed by atoms with Gasteiger partial charge < -0.3 is 19.6 Å². The topological polar surface area (TPSA) is 80.3 Å². The molecule has 0 saturated heterocycles. The lowest BCUT2D eigenvalue weighted by molar-refractivity contribution is 0.500. The number of aliphatic imine (C=N–C) groups is 1. The average Bonchev–Trinajstić information content (AvgIpc) is 3.36. The van der Waals surface area contributed by atoms with Crippen LogP contribution in [0.25, 0.3) is 0 Å². The zero-order valence-corrected chi connectivity index (χ0v) is 15.2. The molecule has 0 bridgehead atoms. The van der Waals surface area contributed by atoms with Crippen LogP contribution in [-0.4, -0.2) is 27.3 Å². The summed E-state index contributed by atoms with van der Waals surface area (Å²) in [4.78, 5) is 4.49. The second-order valence-corrected chi connectivity index (χ2v) is 5.91. The van der Waals surface area contributed by atoms with E-state index in [0.29, 0.717) is 31.2 Å². The van der Waals surface area contributed by atoms with Gasteiger partial charge in [-0.25, -0.2) is 9.38 Å². The minimum Gasteiger partial charge on any atom is -0.467 e. The lowest BCUT2D eigenvalue weighted by atomic mass is 10.2. The van der Waals surface area contributed by atoms with E-state index >= 15 is 0 Å². The Kier molecular flexibility index (Phi) is 6.56. The zero-order chi connectivity index (χ0) is 18.9. The van der Waals surface area contributed by atoms with Gasteiger partial charge in [-0.3, -0.25) is 0 Å². The standard InChI is InChI=1S/C19H23FN6O/c1-2-18-25-24-14-26(18)10-9-21-19(23-13-16-7-5-11-27-16)22-12-15-6-3-4-8-17(15)20/h3-8,11,14H,2,9-10,12-13H2,1H3,(H2,21,22,23). The Morgan fingerprint density at radius 3 is 2.89 bits per heavy atom. The van der Waals surface area contributed by atoms with E-state index in [0.717, 1.165) is 18.0 Å². The number of benzene rings is 1. The maximum Gasteiger partial charge on any atom is 0.192 e. The number of hydrogen-bond donors (Lipinski definition) is 2. The van der Waals surface area contributed by atoms with Crippen molar-refractivity contribution in [1.29, 1.82) is 0 Å². The van der Waals surface area contributed by atoms with Crippen LogP contribution in [0.3, 0.4) is 0 Å². The zero-order valence-electron chi connectivity index (χ0n) is 15.2. The Morgan fingerprint density at radius 1 is 1.22 bits per heavy atom. The number of halogens is 1. The Labute approximate surface area is 157 Å². The van der Waals surface area contributed by atoms with Gasteiger partial charge >= 0.3 is 0 Å². The van der Waals surface area contributed by atoms with Crippen molar-refractivity contribution in [3.05, 3.63) is 72.0 Å². The second kappa shape index (κ2) is 9.51. The molecule has 0 unspecified atom stereocenters. The van der Waals surface area contributed by atoms with Crippen molar-refractivity contribution in [1.82, 2.24) is 25.4 Å². The summed E-state index contributed by atoms with van der Waals surface area (Å²) in [6, 6.07) is 10.3. The summed E-state index contributed by atoms with van der Waals surface area (Å²) in [7, 11) is 0. The molecule has 0 atom stereocenters. The van der Waals surface area contributed by atoms with Crippen molar-refractivity contribution in [2.75, 3.05) is 6.54 Å². The van der Waals surface area contributed by atoms with Crippen LogP contribution in [0.1, 0.15) is 24.1 Å². The molecule has 0 aliphatic carbocycles. The third-order valence-corrected chi connectivity index (χ3v) is 4.03. The summed E-state index contributed by atoms with van der Waals surface area (Å²) >= 11 is 0. The molecule has 0 spiro atoms. The second-order valence-electron chi connectivity index (χ2n) is 5.91. The van der Waals surface area contributed by atoms with Gasteiger partial charge in [0.2, 0.25) is 0 Å². The van der Waals surface area contributed by atoms with Crippen LogP contribution in [-0.2, 0) is 26.1 Å². The maximum atomic E-state index is 13.8. The minimum absolute atomic E-state index is 0.243. The summed E-state index contributed by atoms with van der Waals surface area (Å²) < 4.78 is 21.2. The van der Waals surface area contributed by atoms with Crippen LogP contribution >= 0.6 is 0 Å². The molecule has 0 radical (unpaired) electrons. The largest absolute Gasteiger partial charge is 0.467 e. The van der Waals surface area contributed by atoms with Crippen LogP contribution in [0.5, 0.6) is 0 Å². The molecule has 2 aromatic heterocycles. The van der Waals surface area contributed by atoms with Gasteiger partial charge in [0.1, 0.15) is 23.7 Å². The van der Waals surface area contributed by atoms with E-state index in [4.69, 9.17) is 4.42 Å². The van der Waals surface area contributed by atoms with Gasteiger partial charge in [0.25, 0.3) is 0 Å². The van der Waals surface area contributed by atoms with Gasteiger partial charge in [0.15, 0.2) is 5.96 Å². The molecule has 142 valence electrons. The fraction of sp³-hybridized carbons (Fsp3) is 0.316. The fourth-order valence-corrected chi connectivity index (χ4v) is 2.58. The first-order valence-corrected chi connectivity index (χ1v) is 8.91. The Balaban J connectivity index is 1.61. The number of rotatable bonds is 8. The molecular weight excluding hydrogens is 347 g/mol. The van der Waals surface area contributed by atoms with Crippen molar-refractivity contribution >= 4 is 5.96 Å². The number of hydrogen-bond acceptors (Lipinski definition) is 4. The first kappa shape index (κ1) is 18.6. The third-order valence-electron chi connectivity index (χ3n) is 4.03. The first-order valence-electron chi connectivity index (χ1n) is 8.91. The Bertz CT molecular complexity index is 859. The molecule has 1 aromatic carbocycles. The summed E-state index contributed by atoms with van der Waals surface area (Å²) in [6.07, 6.45) is 4.16. The third kappa shape index (κ3) is 5.40. The number of nitrogens with one attached hydrogen (secondary N) is 2. The Morgan fingerprint density at radius 2 is 2.11 bits per heavy atom. The lowest BCUT2D eigenvalue weighted by Crippen LogP contribution is -2.38. The molecule has 7 nitrogen and oxygen atoms in total. The number of guanidine groups is 1. The van der Waals surface area contributed by atoms with E-state index < -0.39 is 0 Å². The number of aromatic nitrogens is 3. The molecule has 0 aliphatic heterocycles. The van der Waals surface area contributed by atoms with Gasteiger partial charge in [-0.1, -0.05) is 25.1 Å². The summed E-state index contributed by atoms with van der Waals surface area (Å²) in [5, 5.41) is 14.5. The van der Waals surface area contributed by atoms with E-state index in [1.165, 1.54) is 6.07 Å². The van der Waals surface area contributed by atoms with E-state index in [9.17, 15) is 4.39 Å². The predicted molar refractivity (Wildman–Crippen MR) is 100 cm³/mol. The number of furan rings is 1. The van der Waals surface area contributed by atoms with Gasteiger partial charge in [0, 0.05) is 25.1 Å². The molecule has 0 saturated carbocycles. The molecular formula is C19H23FN6O. The molecule has 27 heavy (non-hydrogen) atoms. The Hall–Kier alpha value is -3.16. The van der Waals surface area contributed by atoms with Gasteiger partial charge in [-0.15, -0.1) is 10.2 Å². The molecule has 3 aromatic rings. The highest BCUT2D eigenvalue weighted by Gasteiger charge is 2.05. The SMILES string of the molecule is CCc1nncn1CCNC(=NCc1ccccc1F)NCc1ccco1. The highest BCUT2D eigenvalue weighted by atomic mass is 19.1. The predicted octanol–water partition coefficient (Wildman–Crippen LogP) is 2.51. The molecule has 8 heteroatoms. The van der Waals surface area contributed by atoms with Crippen LogP contribution in [0.4, 0.5) is 4.39 Å². The van der Waals surface area contributed by atoms with E-state index in [-0.39, 0.29) is 12.4 Å². The van der Waals surface area contributed by atoms with Gasteiger partial charge in [-0.2, -0.15) is 0 Å². The van der Waals surface area contributed by atoms with Crippen molar-refractivity contribution in [2.24, 2.45) is 4.99 Å². The van der Waals surface area contributed by atoms with Crippen LogP contribution in [0.2, 0.25) is 0 Å². The summed E-state index contributed by atoms with van der Waals surface area (Å²) in [6.45, 7) is 4.11. The molecule has 0 amide bonds. The normalized spacial score (nSPS) is 11.6. The summed E-state index contributed by atoms with van der Waals surface area (Å²) in [5.74, 6) is 2.05. The van der Waals surface area contributed by atoms with Crippen LogP contribution in [0.15, 0.2) is 58.4 Å². The lowest BCUT2D eigenvalue weighted by Gasteiger charge is -2.13. The summed E-state index contributed by atoms with van der Waals surface area (Å²) in [5.41, 5.74) is 0.545. The van der Waals surface area contributed by atoms with Gasteiger partial charge in [-0.05, 0) is 18.2 Å². The van der Waals surface area contributed by atoms with E-state index in [1.807, 2.05) is 23.6 Å². The fourth-order valence-electron chi connectivity index (χ4n) is 2.58. The smallest absolute Gasteiger partial charge is 0.192 e. The molecule has 2 heterocycles. The van der Waals surface area contributed by atoms with Gasteiger partial charge in [0.05, 0.1) is 19.4 Å². The molecule has 3 rings (SSSR count). The van der Waals surface area contributed by atoms with Crippen molar-refractivity contribution < 1.29 is 8.81 Å². The first-order chi connectivity index (χ1) is 13.3. The number of nitrogens with zero attached hydrogens (tertiary/aromatic N) is 4. The minimum atomic E-state index is -0.260. The van der Waals surface area contributed by atoms with Crippen molar-refractivity contribution in [3.8, 4) is 0 Å². The van der Waals surface area contributed by atoms with E-state index in [1.54, 1.807) is 30.8 Å². The maximum absolute atomic E-state index is 13.8. The van der Waals surface area contributed by atoms with Crippen LogP contribution < -0.4 is 10.6 Å². The van der Waals surface area contributed by atoms with E-state index in [2.05, 4.69) is 25.8 Å². The van der Waals surface area contributed by atoms with Crippen molar-refractivity contribution in [2.45, 2.75) is 33.0 Å². The molecule has 0 fully saturated rings. The van der Waals surface area contributed by atoms with Crippen LogP contribution in [0, 0.1) is 5.82 Å². The van der Waals surface area contributed by atoms with Crippen molar-refractivity contribution in [3.63, 3.8) is 0 Å². The monoisotopic (exact) mass is 370 g/mol. The highest BCUT2D eigenvalue weighted by Crippen LogP contribution is 2.07. The number of aryl methyl sites for hydroxylation is 1. The highest BCUT2D eigenvalue weighted by molar-refractivity contribution is 5.79.